The summed E-state index contributed by atoms with van der Waals surface area (Å²) in [5, 5.41) is 2.13. The van der Waals surface area contributed by atoms with Crippen LogP contribution in [-0.2, 0) is 6.54 Å². The average Bonchev–Trinajstić information content (AvgIpc) is 2.65. The summed E-state index contributed by atoms with van der Waals surface area (Å²) in [4.78, 5) is 3.58. The first kappa shape index (κ1) is 11.0. The number of nitrogen functional groups attached to an aromatic ring is 1. The minimum atomic E-state index is 0.833. The highest BCUT2D eigenvalue weighted by molar-refractivity contribution is 7.10. The number of anilines is 2. The van der Waals surface area contributed by atoms with Gasteiger partial charge in [-0.2, -0.15) is 0 Å². The molecule has 16 heavy (non-hydrogen) atoms. The number of aryl methyl sites for hydroxylation is 1. The highest BCUT2D eigenvalue weighted by Gasteiger charge is 2.07. The molecule has 1 aromatic heterocycles. The lowest BCUT2D eigenvalue weighted by Crippen LogP contribution is -2.17. The van der Waals surface area contributed by atoms with Crippen LogP contribution in [0.25, 0.3) is 0 Å². The fraction of sp³-hybridized carbons (Fsp3) is 0.231. The smallest absolute Gasteiger partial charge is 0.0600 e. The molecule has 0 atom stereocenters. The van der Waals surface area contributed by atoms with Crippen molar-refractivity contribution in [3.8, 4) is 0 Å². The summed E-state index contributed by atoms with van der Waals surface area (Å²) in [6.07, 6.45) is 0. The first-order chi connectivity index (χ1) is 7.68. The van der Waals surface area contributed by atoms with Crippen LogP contribution in [0.1, 0.15) is 10.4 Å². The van der Waals surface area contributed by atoms with E-state index in [-0.39, 0.29) is 0 Å². The minimum Gasteiger partial charge on any atom is -0.397 e. The molecular formula is C13H16N2S. The maximum absolute atomic E-state index is 5.95. The zero-order valence-corrected chi connectivity index (χ0v) is 10.4. The monoisotopic (exact) mass is 232 g/mol. The molecular weight excluding hydrogens is 216 g/mol. The second-order valence-corrected chi connectivity index (χ2v) is 4.94. The van der Waals surface area contributed by atoms with Crippen molar-refractivity contribution in [1.82, 2.24) is 0 Å². The van der Waals surface area contributed by atoms with Crippen molar-refractivity contribution >= 4 is 22.7 Å². The third-order valence-corrected chi connectivity index (χ3v) is 3.70. The molecule has 1 heterocycles. The van der Waals surface area contributed by atoms with Gasteiger partial charge in [0.2, 0.25) is 0 Å². The van der Waals surface area contributed by atoms with Gasteiger partial charge in [-0.05, 0) is 36.1 Å². The number of hydrogen-bond acceptors (Lipinski definition) is 3. The van der Waals surface area contributed by atoms with E-state index in [1.54, 1.807) is 11.3 Å². The average molecular weight is 232 g/mol. The van der Waals surface area contributed by atoms with Gasteiger partial charge in [0.25, 0.3) is 0 Å². The molecule has 0 amide bonds. The van der Waals surface area contributed by atoms with Crippen LogP contribution in [0.5, 0.6) is 0 Å². The Hall–Kier alpha value is -1.48. The van der Waals surface area contributed by atoms with Crippen molar-refractivity contribution in [3.05, 3.63) is 46.2 Å². The van der Waals surface area contributed by atoms with Crippen molar-refractivity contribution in [2.24, 2.45) is 0 Å². The fourth-order valence-electron chi connectivity index (χ4n) is 1.70. The first-order valence-electron chi connectivity index (χ1n) is 5.27. The summed E-state index contributed by atoms with van der Waals surface area (Å²) in [5.41, 5.74) is 9.23. The third-order valence-electron chi connectivity index (χ3n) is 2.70. The van der Waals surface area contributed by atoms with Gasteiger partial charge in [-0.25, -0.2) is 0 Å². The molecule has 3 heteroatoms. The molecule has 2 aromatic rings. The van der Waals surface area contributed by atoms with Crippen LogP contribution < -0.4 is 10.6 Å². The van der Waals surface area contributed by atoms with E-state index >= 15 is 0 Å². The molecule has 0 aliphatic heterocycles. The van der Waals surface area contributed by atoms with Crippen LogP contribution in [0.2, 0.25) is 0 Å². The lowest BCUT2D eigenvalue weighted by molar-refractivity contribution is 0.935. The standard InChI is InChI=1S/C13H16N2S/c1-10-7-8-16-13(10)9-15(2)12-6-4-3-5-11(12)14/h3-8H,9,14H2,1-2H3. The molecule has 0 saturated heterocycles. The molecule has 2 rings (SSSR count). The molecule has 0 saturated carbocycles. The number of para-hydroxylation sites is 2. The van der Waals surface area contributed by atoms with Gasteiger partial charge in [-0.15, -0.1) is 11.3 Å². The summed E-state index contributed by atoms with van der Waals surface area (Å²) in [6, 6.07) is 10.1. The van der Waals surface area contributed by atoms with E-state index in [1.807, 2.05) is 18.2 Å². The quantitative estimate of drug-likeness (QED) is 0.823. The van der Waals surface area contributed by atoms with E-state index in [0.29, 0.717) is 0 Å². The molecule has 84 valence electrons. The number of nitrogens with zero attached hydrogens (tertiary/aromatic N) is 1. The highest BCUT2D eigenvalue weighted by Crippen LogP contribution is 2.25. The molecule has 0 radical (unpaired) electrons. The highest BCUT2D eigenvalue weighted by atomic mass is 32.1. The van der Waals surface area contributed by atoms with E-state index in [4.69, 9.17) is 5.73 Å². The number of thiophene rings is 1. The molecule has 2 N–H and O–H groups in total. The van der Waals surface area contributed by atoms with Crippen LogP contribution in [0.15, 0.2) is 35.7 Å². The molecule has 0 unspecified atom stereocenters. The summed E-state index contributed by atoms with van der Waals surface area (Å²) in [6.45, 7) is 3.06. The van der Waals surface area contributed by atoms with E-state index in [9.17, 15) is 0 Å². The fourth-order valence-corrected chi connectivity index (χ4v) is 2.66. The Morgan fingerprint density at radius 3 is 2.62 bits per heavy atom. The molecule has 0 fully saturated rings. The van der Waals surface area contributed by atoms with E-state index in [2.05, 4.69) is 36.4 Å². The van der Waals surface area contributed by atoms with Crippen LogP contribution in [0.4, 0.5) is 11.4 Å². The van der Waals surface area contributed by atoms with Crippen molar-refractivity contribution in [3.63, 3.8) is 0 Å². The lowest BCUT2D eigenvalue weighted by Gasteiger charge is -2.20. The van der Waals surface area contributed by atoms with Crippen LogP contribution in [0.3, 0.4) is 0 Å². The summed E-state index contributed by atoms with van der Waals surface area (Å²) in [5.74, 6) is 0. The Balaban J connectivity index is 2.18. The molecule has 0 aliphatic carbocycles. The lowest BCUT2D eigenvalue weighted by atomic mass is 10.2. The predicted molar refractivity (Wildman–Crippen MR) is 72.0 cm³/mol. The zero-order chi connectivity index (χ0) is 11.5. The summed E-state index contributed by atoms with van der Waals surface area (Å²) in [7, 11) is 2.07. The topological polar surface area (TPSA) is 29.3 Å². The van der Waals surface area contributed by atoms with Gasteiger partial charge >= 0.3 is 0 Å². The Morgan fingerprint density at radius 1 is 1.25 bits per heavy atom. The van der Waals surface area contributed by atoms with Crippen molar-refractivity contribution in [2.75, 3.05) is 17.7 Å². The van der Waals surface area contributed by atoms with Gasteiger partial charge in [0.15, 0.2) is 0 Å². The van der Waals surface area contributed by atoms with Gasteiger partial charge in [-0.1, -0.05) is 12.1 Å². The van der Waals surface area contributed by atoms with Crippen LogP contribution in [-0.4, -0.2) is 7.05 Å². The molecule has 0 spiro atoms. The molecule has 2 nitrogen and oxygen atoms in total. The first-order valence-corrected chi connectivity index (χ1v) is 6.15. The van der Waals surface area contributed by atoms with E-state index in [0.717, 1.165) is 17.9 Å². The summed E-state index contributed by atoms with van der Waals surface area (Å²) >= 11 is 1.80. The Labute approximate surface area is 100 Å². The predicted octanol–water partition coefficient (Wildman–Crippen LogP) is 3.28. The number of nitrogens with two attached hydrogens (primary N) is 1. The minimum absolute atomic E-state index is 0.833. The van der Waals surface area contributed by atoms with Crippen LogP contribution >= 0.6 is 11.3 Å². The maximum Gasteiger partial charge on any atom is 0.0600 e. The Kier molecular flexibility index (Phi) is 3.15. The van der Waals surface area contributed by atoms with Gasteiger partial charge < -0.3 is 10.6 Å². The largest absolute Gasteiger partial charge is 0.397 e. The van der Waals surface area contributed by atoms with Gasteiger partial charge in [0.1, 0.15) is 0 Å². The Morgan fingerprint density at radius 2 is 2.00 bits per heavy atom. The Bertz CT molecular complexity index is 476. The number of rotatable bonds is 3. The SMILES string of the molecule is Cc1ccsc1CN(C)c1ccccc1N. The van der Waals surface area contributed by atoms with Crippen molar-refractivity contribution in [1.29, 1.82) is 0 Å². The molecule has 1 aromatic carbocycles. The van der Waals surface area contributed by atoms with Gasteiger partial charge in [0, 0.05) is 11.9 Å². The third kappa shape index (κ3) is 2.19. The van der Waals surface area contributed by atoms with Crippen LogP contribution in [0, 0.1) is 6.92 Å². The zero-order valence-electron chi connectivity index (χ0n) is 9.60. The van der Waals surface area contributed by atoms with E-state index in [1.165, 1.54) is 10.4 Å². The van der Waals surface area contributed by atoms with Gasteiger partial charge in [0.05, 0.1) is 17.9 Å². The second-order valence-electron chi connectivity index (χ2n) is 3.94. The maximum atomic E-state index is 5.95. The summed E-state index contributed by atoms with van der Waals surface area (Å²) < 4.78 is 0. The van der Waals surface area contributed by atoms with E-state index < -0.39 is 0 Å². The number of hydrogen-bond donors (Lipinski definition) is 1. The normalized spacial score (nSPS) is 10.4. The number of benzene rings is 1. The molecule has 0 bridgehead atoms. The van der Waals surface area contributed by atoms with Crippen molar-refractivity contribution < 1.29 is 0 Å². The van der Waals surface area contributed by atoms with Crippen molar-refractivity contribution in [2.45, 2.75) is 13.5 Å². The molecule has 0 aliphatic rings. The second kappa shape index (κ2) is 4.58. The van der Waals surface area contributed by atoms with Gasteiger partial charge in [-0.3, -0.25) is 0 Å².